The van der Waals surface area contributed by atoms with Gasteiger partial charge in [-0.3, -0.25) is 4.79 Å². The van der Waals surface area contributed by atoms with E-state index in [2.05, 4.69) is 27.8 Å². The van der Waals surface area contributed by atoms with Crippen LogP contribution in [0.15, 0.2) is 0 Å². The van der Waals surface area contributed by atoms with Gasteiger partial charge in [0.05, 0.1) is 4.32 Å². The van der Waals surface area contributed by atoms with Crippen LogP contribution in [0.5, 0.6) is 0 Å². The van der Waals surface area contributed by atoms with Crippen LogP contribution in [-0.2, 0) is 4.79 Å². The fourth-order valence-corrected chi connectivity index (χ4v) is 2.71. The van der Waals surface area contributed by atoms with Crippen LogP contribution in [0.4, 0.5) is 0 Å². The Morgan fingerprint density at radius 1 is 1.41 bits per heavy atom. The number of carbonyl (C=O) groups excluding carboxylic acids is 1. The molecule has 0 aromatic rings. The Kier molecular flexibility index (Phi) is 5.45. The topological polar surface area (TPSA) is 23.6 Å². The van der Waals surface area contributed by atoms with Gasteiger partial charge in [-0.15, -0.1) is 0 Å². The Labute approximate surface area is 114 Å². The number of likely N-dealkylation sites (tertiary alicyclic amines) is 1. The Morgan fingerprint density at radius 3 is 2.35 bits per heavy atom. The highest BCUT2D eigenvalue weighted by atomic mass is 79.9. The third-order valence-electron chi connectivity index (χ3n) is 3.47. The van der Waals surface area contributed by atoms with Crippen molar-refractivity contribution < 1.29 is 4.79 Å². The summed E-state index contributed by atoms with van der Waals surface area (Å²) in [6.07, 6.45) is 3.42. The van der Waals surface area contributed by atoms with Crippen molar-refractivity contribution in [3.63, 3.8) is 0 Å². The smallest absolute Gasteiger partial charge is 0.238 e. The molecule has 1 heterocycles. The minimum absolute atomic E-state index is 0.187. The van der Waals surface area contributed by atoms with E-state index in [0.29, 0.717) is 6.04 Å². The van der Waals surface area contributed by atoms with Crippen LogP contribution in [0.3, 0.4) is 0 Å². The Morgan fingerprint density at radius 2 is 1.94 bits per heavy atom. The number of carbonyl (C=O) groups is 1. The summed E-state index contributed by atoms with van der Waals surface area (Å²) in [7, 11) is 1.94. The monoisotopic (exact) mass is 304 g/mol. The normalized spacial score (nSPS) is 19.4. The first-order chi connectivity index (χ1) is 7.86. The molecule has 4 heteroatoms. The molecule has 1 rings (SSSR count). The third kappa shape index (κ3) is 4.25. The molecule has 1 saturated heterocycles. The van der Waals surface area contributed by atoms with E-state index in [4.69, 9.17) is 0 Å². The van der Waals surface area contributed by atoms with Gasteiger partial charge in [0, 0.05) is 26.2 Å². The minimum atomic E-state index is -0.442. The van der Waals surface area contributed by atoms with Gasteiger partial charge >= 0.3 is 0 Å². The van der Waals surface area contributed by atoms with Gasteiger partial charge in [-0.25, -0.2) is 0 Å². The van der Waals surface area contributed by atoms with Crippen LogP contribution < -0.4 is 0 Å². The molecule has 1 aliphatic rings. The lowest BCUT2D eigenvalue weighted by Gasteiger charge is -2.38. The Balaban J connectivity index is 2.46. The summed E-state index contributed by atoms with van der Waals surface area (Å²) in [5.74, 6) is 0.187. The zero-order chi connectivity index (χ0) is 13.1. The molecule has 17 heavy (non-hydrogen) atoms. The zero-order valence-electron chi connectivity index (χ0n) is 11.5. The van der Waals surface area contributed by atoms with E-state index < -0.39 is 4.32 Å². The highest BCUT2D eigenvalue weighted by molar-refractivity contribution is 9.10. The number of hydrogen-bond acceptors (Lipinski definition) is 2. The summed E-state index contributed by atoms with van der Waals surface area (Å²) in [4.78, 5) is 16.6. The second-order valence-electron chi connectivity index (χ2n) is 5.46. The van der Waals surface area contributed by atoms with Crippen LogP contribution >= 0.6 is 15.9 Å². The molecule has 0 unspecified atom stereocenters. The van der Waals surface area contributed by atoms with E-state index >= 15 is 0 Å². The van der Waals surface area contributed by atoms with Crippen molar-refractivity contribution in [1.29, 1.82) is 0 Å². The van der Waals surface area contributed by atoms with Crippen molar-refractivity contribution >= 4 is 21.8 Å². The zero-order valence-corrected chi connectivity index (χ0v) is 13.1. The average molecular weight is 305 g/mol. The SMILES string of the molecule is CCCN1CCC(N(C)C(=O)C(C)(C)Br)CC1. The first kappa shape index (κ1) is 15.0. The number of rotatable bonds is 4. The summed E-state index contributed by atoms with van der Waals surface area (Å²) >= 11 is 3.45. The van der Waals surface area contributed by atoms with Gasteiger partial charge in [0.25, 0.3) is 0 Å². The largest absolute Gasteiger partial charge is 0.341 e. The predicted octanol–water partition coefficient (Wildman–Crippen LogP) is 2.49. The molecule has 0 spiro atoms. The van der Waals surface area contributed by atoms with Gasteiger partial charge in [0.1, 0.15) is 0 Å². The average Bonchev–Trinajstić information content (AvgIpc) is 2.27. The van der Waals surface area contributed by atoms with Gasteiger partial charge in [0.2, 0.25) is 5.91 Å². The summed E-state index contributed by atoms with van der Waals surface area (Å²) in [6, 6.07) is 0.410. The molecule has 1 aliphatic heterocycles. The van der Waals surface area contributed by atoms with E-state index in [1.807, 2.05) is 25.8 Å². The second-order valence-corrected chi connectivity index (χ2v) is 7.44. The van der Waals surface area contributed by atoms with Crippen LogP contribution in [0.1, 0.15) is 40.0 Å². The van der Waals surface area contributed by atoms with E-state index in [1.54, 1.807) is 0 Å². The van der Waals surface area contributed by atoms with Crippen molar-refractivity contribution in [3.8, 4) is 0 Å². The van der Waals surface area contributed by atoms with Crippen LogP contribution in [-0.4, -0.2) is 52.8 Å². The molecule has 100 valence electrons. The first-order valence-electron chi connectivity index (χ1n) is 6.54. The van der Waals surface area contributed by atoms with E-state index in [-0.39, 0.29) is 5.91 Å². The standard InChI is InChI=1S/C13H25BrN2O/c1-5-8-16-9-6-11(7-10-16)15(4)12(17)13(2,3)14/h11H,5-10H2,1-4H3. The molecule has 0 bridgehead atoms. The highest BCUT2D eigenvalue weighted by Crippen LogP contribution is 2.23. The second kappa shape index (κ2) is 6.19. The maximum absolute atomic E-state index is 12.1. The van der Waals surface area contributed by atoms with Gasteiger partial charge in [-0.05, 0) is 39.7 Å². The number of alkyl halides is 1. The van der Waals surface area contributed by atoms with Crippen LogP contribution in [0.25, 0.3) is 0 Å². The fourth-order valence-electron chi connectivity index (χ4n) is 2.43. The molecule has 1 fully saturated rings. The summed E-state index contributed by atoms with van der Waals surface area (Å²) in [6.45, 7) is 9.48. The molecule has 0 saturated carbocycles. The lowest BCUT2D eigenvalue weighted by Crippen LogP contribution is -2.49. The van der Waals surface area contributed by atoms with Crippen molar-refractivity contribution in [2.45, 2.75) is 50.4 Å². The lowest BCUT2D eigenvalue weighted by atomic mass is 10.0. The van der Waals surface area contributed by atoms with Gasteiger partial charge in [0.15, 0.2) is 0 Å². The third-order valence-corrected chi connectivity index (χ3v) is 3.81. The van der Waals surface area contributed by atoms with Crippen molar-refractivity contribution in [2.24, 2.45) is 0 Å². The van der Waals surface area contributed by atoms with Crippen LogP contribution in [0.2, 0.25) is 0 Å². The molecule has 0 N–H and O–H groups in total. The van der Waals surface area contributed by atoms with Gasteiger partial charge in [-0.1, -0.05) is 22.9 Å². The summed E-state index contributed by atoms with van der Waals surface area (Å²) in [5.41, 5.74) is 0. The maximum atomic E-state index is 12.1. The van der Waals surface area contributed by atoms with E-state index in [0.717, 1.165) is 25.9 Å². The van der Waals surface area contributed by atoms with Gasteiger partial charge < -0.3 is 9.80 Å². The predicted molar refractivity (Wildman–Crippen MR) is 75.5 cm³/mol. The maximum Gasteiger partial charge on any atom is 0.238 e. The molecular formula is C13H25BrN2O. The molecule has 0 aromatic heterocycles. The minimum Gasteiger partial charge on any atom is -0.341 e. The lowest BCUT2D eigenvalue weighted by molar-refractivity contribution is -0.134. The van der Waals surface area contributed by atoms with Crippen molar-refractivity contribution in [1.82, 2.24) is 9.80 Å². The van der Waals surface area contributed by atoms with E-state index in [9.17, 15) is 4.79 Å². The first-order valence-corrected chi connectivity index (χ1v) is 7.34. The number of amides is 1. The van der Waals surface area contributed by atoms with Crippen molar-refractivity contribution in [2.75, 3.05) is 26.7 Å². The van der Waals surface area contributed by atoms with Crippen LogP contribution in [0, 0.1) is 0 Å². The number of piperidine rings is 1. The quantitative estimate of drug-likeness (QED) is 0.745. The number of hydrogen-bond donors (Lipinski definition) is 0. The van der Waals surface area contributed by atoms with Gasteiger partial charge in [-0.2, -0.15) is 0 Å². The molecular weight excluding hydrogens is 280 g/mol. The molecule has 3 nitrogen and oxygen atoms in total. The summed E-state index contributed by atoms with van der Waals surface area (Å²) in [5, 5.41) is 0. The molecule has 0 radical (unpaired) electrons. The summed E-state index contributed by atoms with van der Waals surface area (Å²) < 4.78 is -0.442. The number of halogens is 1. The fraction of sp³-hybridized carbons (Fsp3) is 0.923. The Bertz CT molecular complexity index is 255. The molecule has 1 amide bonds. The highest BCUT2D eigenvalue weighted by Gasteiger charge is 2.32. The van der Waals surface area contributed by atoms with Crippen molar-refractivity contribution in [3.05, 3.63) is 0 Å². The molecule has 0 aromatic carbocycles. The number of nitrogens with zero attached hydrogens (tertiary/aromatic N) is 2. The van der Waals surface area contributed by atoms with E-state index in [1.165, 1.54) is 13.0 Å². The Hall–Kier alpha value is -0.0900. The molecule has 0 atom stereocenters. The molecule has 0 aliphatic carbocycles.